The molecule has 4 rings (SSSR count). The summed E-state index contributed by atoms with van der Waals surface area (Å²) < 4.78 is 11.4. The molecule has 8 heteroatoms. The Kier molecular flexibility index (Phi) is 6.93. The molecule has 0 N–H and O–H groups in total. The highest BCUT2D eigenvalue weighted by Gasteiger charge is 2.44. The smallest absolute Gasteiger partial charge is 0.413 e. The fourth-order valence-corrected chi connectivity index (χ4v) is 4.82. The number of halogens is 2. The lowest BCUT2D eigenvalue weighted by atomic mass is 9.98. The van der Waals surface area contributed by atoms with E-state index in [4.69, 9.17) is 32.7 Å². The van der Waals surface area contributed by atoms with Gasteiger partial charge in [0.15, 0.2) is 0 Å². The molecular formula is C27H30Cl2N2O4. The maximum Gasteiger partial charge on any atom is 0.413 e. The highest BCUT2D eigenvalue weighted by molar-refractivity contribution is 6.43. The lowest BCUT2D eigenvalue weighted by molar-refractivity contribution is -0.0610. The van der Waals surface area contributed by atoms with Crippen LogP contribution in [0.2, 0.25) is 10.0 Å². The summed E-state index contributed by atoms with van der Waals surface area (Å²) in [6.07, 6.45) is 4.13. The van der Waals surface area contributed by atoms with Gasteiger partial charge in [0.1, 0.15) is 11.3 Å². The van der Waals surface area contributed by atoms with Crippen LogP contribution >= 0.6 is 23.2 Å². The van der Waals surface area contributed by atoms with Crippen LogP contribution in [0.5, 0.6) is 0 Å². The van der Waals surface area contributed by atoms with E-state index in [2.05, 4.69) is 0 Å². The van der Waals surface area contributed by atoms with Gasteiger partial charge in [0.05, 0.1) is 22.7 Å². The van der Waals surface area contributed by atoms with E-state index < -0.39 is 17.4 Å². The Morgan fingerprint density at radius 2 is 1.83 bits per heavy atom. The number of amides is 2. The molecule has 1 saturated heterocycles. The first-order valence-corrected chi connectivity index (χ1v) is 12.4. The summed E-state index contributed by atoms with van der Waals surface area (Å²) in [7, 11) is 0. The van der Waals surface area contributed by atoms with Crippen LogP contribution in [0, 0.1) is 0 Å². The van der Waals surface area contributed by atoms with Crippen molar-refractivity contribution in [2.24, 2.45) is 0 Å². The number of ether oxygens (including phenoxy) is 2. The van der Waals surface area contributed by atoms with Gasteiger partial charge in [-0.05, 0) is 76.4 Å². The molecule has 186 valence electrons. The summed E-state index contributed by atoms with van der Waals surface area (Å²) in [5, 5.41) is 0.918. The molecule has 2 heterocycles. The molecule has 1 atom stereocenters. The number of fused-ring (bicyclic) bond motifs is 1. The molecule has 2 amide bonds. The Morgan fingerprint density at radius 3 is 2.49 bits per heavy atom. The van der Waals surface area contributed by atoms with Crippen molar-refractivity contribution in [3.8, 4) is 0 Å². The lowest BCUT2D eigenvalue weighted by Crippen LogP contribution is -2.49. The van der Waals surface area contributed by atoms with Crippen LogP contribution in [-0.2, 0) is 15.9 Å². The van der Waals surface area contributed by atoms with Crippen molar-refractivity contribution in [3.63, 3.8) is 0 Å². The fraction of sp³-hybridized carbons (Fsp3) is 0.407. The topological polar surface area (TPSA) is 59.1 Å². The molecular weight excluding hydrogens is 487 g/mol. The van der Waals surface area contributed by atoms with Crippen molar-refractivity contribution in [1.29, 1.82) is 0 Å². The molecule has 2 aliphatic heterocycles. The van der Waals surface area contributed by atoms with Gasteiger partial charge in [-0.15, -0.1) is 0 Å². The minimum atomic E-state index is -0.765. The van der Waals surface area contributed by atoms with E-state index in [9.17, 15) is 9.59 Å². The summed E-state index contributed by atoms with van der Waals surface area (Å²) >= 11 is 12.4. The number of hydrogen-bond acceptors (Lipinski definition) is 4. The van der Waals surface area contributed by atoms with Crippen molar-refractivity contribution in [2.45, 2.75) is 58.4 Å². The van der Waals surface area contributed by atoms with Gasteiger partial charge < -0.3 is 14.4 Å². The van der Waals surface area contributed by atoms with E-state index in [1.807, 2.05) is 71.0 Å². The van der Waals surface area contributed by atoms with Gasteiger partial charge in [0, 0.05) is 17.8 Å². The van der Waals surface area contributed by atoms with Crippen LogP contribution in [-0.4, -0.2) is 47.4 Å². The van der Waals surface area contributed by atoms with Gasteiger partial charge in [0.25, 0.3) is 5.91 Å². The monoisotopic (exact) mass is 516 g/mol. The van der Waals surface area contributed by atoms with Crippen LogP contribution < -0.4 is 4.90 Å². The molecule has 1 fully saturated rings. The molecule has 0 bridgehead atoms. The molecule has 2 aromatic carbocycles. The Labute approximate surface area is 216 Å². The van der Waals surface area contributed by atoms with Crippen LogP contribution in [0.3, 0.4) is 0 Å². The first kappa shape index (κ1) is 25.5. The fourth-order valence-electron chi connectivity index (χ4n) is 4.38. The first-order chi connectivity index (χ1) is 16.4. The molecule has 0 saturated carbocycles. The Bertz CT molecular complexity index is 1170. The first-order valence-electron chi connectivity index (χ1n) is 11.6. The highest BCUT2D eigenvalue weighted by Crippen LogP contribution is 2.34. The largest absolute Gasteiger partial charge is 0.444 e. The van der Waals surface area contributed by atoms with Crippen LogP contribution in [0.25, 0.3) is 6.08 Å². The average molecular weight is 517 g/mol. The number of benzene rings is 2. The predicted octanol–water partition coefficient (Wildman–Crippen LogP) is 6.58. The number of carbonyl (C=O) groups is 2. The van der Waals surface area contributed by atoms with Crippen LogP contribution in [0.1, 0.15) is 56.1 Å². The molecule has 0 unspecified atom stereocenters. The molecule has 35 heavy (non-hydrogen) atoms. The number of nitrogens with zero attached hydrogens (tertiary/aromatic N) is 2. The third-order valence-corrected chi connectivity index (χ3v) is 6.93. The average Bonchev–Trinajstić information content (AvgIpc) is 3.08. The maximum atomic E-state index is 13.1. The molecule has 2 aliphatic rings. The summed E-state index contributed by atoms with van der Waals surface area (Å²) in [6.45, 7) is 10.2. The van der Waals surface area contributed by atoms with E-state index in [-0.39, 0.29) is 11.9 Å². The van der Waals surface area contributed by atoms with Gasteiger partial charge in [0.2, 0.25) is 0 Å². The quantitative estimate of drug-likeness (QED) is 0.462. The van der Waals surface area contributed by atoms with E-state index in [1.54, 1.807) is 21.9 Å². The van der Waals surface area contributed by atoms with Gasteiger partial charge >= 0.3 is 6.09 Å². The molecule has 0 spiro atoms. The van der Waals surface area contributed by atoms with E-state index in [0.717, 1.165) is 16.8 Å². The zero-order valence-electron chi connectivity index (χ0n) is 20.6. The van der Waals surface area contributed by atoms with E-state index >= 15 is 0 Å². The van der Waals surface area contributed by atoms with Gasteiger partial charge in [-0.1, -0.05) is 47.5 Å². The second kappa shape index (κ2) is 9.49. The molecule has 0 radical (unpaired) electrons. The van der Waals surface area contributed by atoms with Crippen molar-refractivity contribution >= 4 is 47.0 Å². The molecule has 0 aromatic heterocycles. The second-order valence-corrected chi connectivity index (χ2v) is 11.0. The minimum absolute atomic E-state index is 0.0913. The van der Waals surface area contributed by atoms with E-state index in [0.29, 0.717) is 35.2 Å². The minimum Gasteiger partial charge on any atom is -0.444 e. The van der Waals surface area contributed by atoms with Crippen LogP contribution in [0.15, 0.2) is 42.5 Å². The lowest BCUT2D eigenvalue weighted by Gasteiger charge is -2.34. The SMILES string of the molecule is CC(C)(C)OC(=O)N1[C@@H](/C=C/c2ccc(N3CCc4c(ccc(Cl)c4Cl)C3=O)cc2)COC1(C)C. The van der Waals surface area contributed by atoms with Gasteiger partial charge in [-0.3, -0.25) is 9.69 Å². The summed E-state index contributed by atoms with van der Waals surface area (Å²) in [4.78, 5) is 29.3. The zero-order chi connectivity index (χ0) is 25.5. The van der Waals surface area contributed by atoms with Crippen molar-refractivity contribution in [2.75, 3.05) is 18.1 Å². The summed E-state index contributed by atoms with van der Waals surface area (Å²) in [5.41, 5.74) is 1.78. The number of rotatable bonds is 3. The third-order valence-electron chi connectivity index (χ3n) is 6.08. The maximum absolute atomic E-state index is 13.1. The molecule has 2 aromatic rings. The Hall–Kier alpha value is -2.54. The number of carbonyl (C=O) groups excluding carboxylic acids is 2. The van der Waals surface area contributed by atoms with Crippen molar-refractivity contribution in [3.05, 3.63) is 69.2 Å². The summed E-state index contributed by atoms with van der Waals surface area (Å²) in [5.74, 6) is -0.0913. The molecule has 6 nitrogen and oxygen atoms in total. The van der Waals surface area contributed by atoms with Crippen molar-refractivity contribution in [1.82, 2.24) is 4.90 Å². The normalized spacial score (nSPS) is 19.9. The second-order valence-electron chi connectivity index (χ2n) is 10.2. The Morgan fingerprint density at radius 1 is 1.14 bits per heavy atom. The number of anilines is 1. The Balaban J connectivity index is 1.48. The highest BCUT2D eigenvalue weighted by atomic mass is 35.5. The number of hydrogen-bond donors (Lipinski definition) is 0. The standard InChI is InChI=1S/C27H30Cl2N2O4/c1-26(2,3)35-25(33)31-19(16-34-27(31,4)5)11-8-17-6-9-18(10-7-17)30-15-14-20-21(24(30)32)12-13-22(28)23(20)29/h6-13,19H,14-16H2,1-5H3/b11-8+/t19-/m0/s1. The van der Waals surface area contributed by atoms with Gasteiger partial charge in [-0.2, -0.15) is 0 Å². The summed E-state index contributed by atoms with van der Waals surface area (Å²) in [6, 6.07) is 10.9. The third kappa shape index (κ3) is 5.35. The van der Waals surface area contributed by atoms with Crippen LogP contribution in [0.4, 0.5) is 10.5 Å². The van der Waals surface area contributed by atoms with Crippen molar-refractivity contribution < 1.29 is 19.1 Å². The predicted molar refractivity (Wildman–Crippen MR) is 139 cm³/mol. The van der Waals surface area contributed by atoms with Gasteiger partial charge in [-0.25, -0.2) is 4.79 Å². The molecule has 0 aliphatic carbocycles. The van der Waals surface area contributed by atoms with E-state index in [1.165, 1.54) is 0 Å². The zero-order valence-corrected chi connectivity index (χ0v) is 22.1.